The number of anilines is 1. The average Bonchev–Trinajstić information content (AvgIpc) is 2.55. The van der Waals surface area contributed by atoms with Gasteiger partial charge in [0.15, 0.2) is 0 Å². The van der Waals surface area contributed by atoms with Gasteiger partial charge in [0.05, 0.1) is 5.69 Å². The lowest BCUT2D eigenvalue weighted by molar-refractivity contribution is -0.140. The van der Waals surface area contributed by atoms with Crippen LogP contribution in [-0.4, -0.2) is 24.3 Å². The van der Waals surface area contributed by atoms with Gasteiger partial charge in [-0.2, -0.15) is 0 Å². The molecule has 6 heteroatoms. The highest BCUT2D eigenvalue weighted by molar-refractivity contribution is 6.35. The molecule has 0 aromatic heterocycles. The van der Waals surface area contributed by atoms with E-state index in [1.54, 1.807) is 24.3 Å². The third-order valence-electron chi connectivity index (χ3n) is 3.10. The van der Waals surface area contributed by atoms with Gasteiger partial charge in [0, 0.05) is 13.0 Å². The average molecular weight is 319 g/mol. The highest BCUT2D eigenvalue weighted by Crippen LogP contribution is 2.13. The van der Waals surface area contributed by atoms with Crippen molar-refractivity contribution >= 4 is 23.4 Å². The molecule has 0 atom stereocenters. The monoisotopic (exact) mass is 319 g/mol. The van der Waals surface area contributed by atoms with Crippen LogP contribution in [0.5, 0.6) is 0 Å². The summed E-state index contributed by atoms with van der Waals surface area (Å²) < 4.78 is 0. The molecule has 1 aromatic rings. The van der Waals surface area contributed by atoms with Crippen molar-refractivity contribution in [3.8, 4) is 0 Å². The first-order valence-corrected chi connectivity index (χ1v) is 7.92. The van der Waals surface area contributed by atoms with Crippen LogP contribution in [0.15, 0.2) is 30.3 Å². The number of amides is 3. The zero-order chi connectivity index (χ0) is 17.2. The van der Waals surface area contributed by atoms with Gasteiger partial charge in [-0.05, 0) is 24.5 Å². The number of hydrogen-bond acceptors (Lipinski definition) is 3. The quantitative estimate of drug-likeness (QED) is 0.622. The minimum absolute atomic E-state index is 0.239. The predicted molar refractivity (Wildman–Crippen MR) is 89.4 cm³/mol. The fourth-order valence-electron chi connectivity index (χ4n) is 1.82. The Bertz CT molecular complexity index is 529. The number of hydrazine groups is 1. The number of carbonyl (C=O) groups is 3. The summed E-state index contributed by atoms with van der Waals surface area (Å²) in [5.74, 6) is -1.60. The molecule has 0 heterocycles. The Labute approximate surface area is 137 Å². The Morgan fingerprint density at radius 2 is 1.74 bits per heavy atom. The number of nitrogens with one attached hydrogen (secondary N) is 2. The lowest BCUT2D eigenvalue weighted by Crippen LogP contribution is -2.52. The summed E-state index contributed by atoms with van der Waals surface area (Å²) in [4.78, 5) is 36.1. The molecule has 0 bridgehead atoms. The van der Waals surface area contributed by atoms with Crippen molar-refractivity contribution in [1.29, 1.82) is 0 Å². The molecule has 6 nitrogen and oxygen atoms in total. The van der Waals surface area contributed by atoms with Crippen LogP contribution in [0.3, 0.4) is 0 Å². The van der Waals surface area contributed by atoms with Crippen LogP contribution in [0.1, 0.15) is 40.0 Å². The molecule has 0 unspecified atom stereocenters. The molecule has 0 saturated heterocycles. The van der Waals surface area contributed by atoms with Crippen molar-refractivity contribution in [2.24, 2.45) is 5.92 Å². The maximum Gasteiger partial charge on any atom is 0.328 e. The topological polar surface area (TPSA) is 78.5 Å². The van der Waals surface area contributed by atoms with Gasteiger partial charge in [0.25, 0.3) is 0 Å². The molecule has 0 spiro atoms. The maximum absolute atomic E-state index is 12.3. The van der Waals surface area contributed by atoms with E-state index in [9.17, 15) is 14.4 Å². The molecule has 0 fully saturated rings. The normalized spacial score (nSPS) is 10.3. The summed E-state index contributed by atoms with van der Waals surface area (Å²) in [6.07, 6.45) is 1.90. The standard InChI is InChI=1S/C17H25N3O3/c1-4-5-11-15(21)20(14-9-7-6-8-10-14)19-17(23)16(22)18-12-13(2)3/h6-10,13H,4-5,11-12H2,1-3H3,(H,18,22)(H,19,23). The Hall–Kier alpha value is -2.37. The lowest BCUT2D eigenvalue weighted by atomic mass is 10.2. The van der Waals surface area contributed by atoms with E-state index < -0.39 is 11.8 Å². The van der Waals surface area contributed by atoms with E-state index in [-0.39, 0.29) is 11.8 Å². The van der Waals surface area contributed by atoms with Crippen molar-refractivity contribution in [3.05, 3.63) is 30.3 Å². The van der Waals surface area contributed by atoms with Gasteiger partial charge in [-0.1, -0.05) is 45.4 Å². The summed E-state index contributed by atoms with van der Waals surface area (Å²) in [7, 11) is 0. The number of para-hydroxylation sites is 1. The van der Waals surface area contributed by atoms with Gasteiger partial charge in [0.2, 0.25) is 5.91 Å². The largest absolute Gasteiger partial charge is 0.348 e. The highest BCUT2D eigenvalue weighted by atomic mass is 16.2. The van der Waals surface area contributed by atoms with E-state index in [0.717, 1.165) is 17.9 Å². The zero-order valence-corrected chi connectivity index (χ0v) is 14.0. The molecule has 0 aliphatic heterocycles. The van der Waals surface area contributed by atoms with Crippen molar-refractivity contribution in [2.45, 2.75) is 40.0 Å². The highest BCUT2D eigenvalue weighted by Gasteiger charge is 2.21. The second-order valence-corrected chi connectivity index (χ2v) is 5.71. The maximum atomic E-state index is 12.3. The van der Waals surface area contributed by atoms with E-state index in [4.69, 9.17) is 0 Å². The molecule has 3 amide bonds. The predicted octanol–water partition coefficient (Wildman–Crippen LogP) is 2.01. The molecule has 23 heavy (non-hydrogen) atoms. The third-order valence-corrected chi connectivity index (χ3v) is 3.10. The van der Waals surface area contributed by atoms with E-state index in [0.29, 0.717) is 18.7 Å². The Morgan fingerprint density at radius 1 is 1.09 bits per heavy atom. The number of nitrogens with zero attached hydrogens (tertiary/aromatic N) is 1. The van der Waals surface area contributed by atoms with Gasteiger partial charge in [-0.25, -0.2) is 5.01 Å². The molecule has 0 aliphatic rings. The number of benzene rings is 1. The van der Waals surface area contributed by atoms with Crippen molar-refractivity contribution < 1.29 is 14.4 Å². The fourth-order valence-corrected chi connectivity index (χ4v) is 1.82. The van der Waals surface area contributed by atoms with E-state index >= 15 is 0 Å². The van der Waals surface area contributed by atoms with Crippen LogP contribution < -0.4 is 15.8 Å². The molecule has 1 rings (SSSR count). The second kappa shape index (κ2) is 9.61. The fraction of sp³-hybridized carbons (Fsp3) is 0.471. The Morgan fingerprint density at radius 3 is 2.30 bits per heavy atom. The summed E-state index contributed by atoms with van der Waals surface area (Å²) >= 11 is 0. The van der Waals surface area contributed by atoms with Crippen LogP contribution in [0.2, 0.25) is 0 Å². The van der Waals surface area contributed by atoms with Crippen LogP contribution >= 0.6 is 0 Å². The van der Waals surface area contributed by atoms with Crippen molar-refractivity contribution in [3.63, 3.8) is 0 Å². The van der Waals surface area contributed by atoms with E-state index in [2.05, 4.69) is 10.7 Å². The summed E-state index contributed by atoms with van der Waals surface area (Å²) in [6.45, 7) is 6.25. The molecule has 0 aliphatic carbocycles. The molecule has 0 radical (unpaired) electrons. The Kier molecular flexibility index (Phi) is 7.80. The van der Waals surface area contributed by atoms with Crippen LogP contribution in [0, 0.1) is 5.92 Å². The smallest absolute Gasteiger partial charge is 0.328 e. The Balaban J connectivity index is 2.78. The molecule has 2 N–H and O–H groups in total. The lowest BCUT2D eigenvalue weighted by Gasteiger charge is -2.23. The molecule has 0 saturated carbocycles. The molecule has 126 valence electrons. The molecule has 1 aromatic carbocycles. The number of rotatable bonds is 6. The van der Waals surface area contributed by atoms with Crippen LogP contribution in [-0.2, 0) is 14.4 Å². The minimum atomic E-state index is -0.848. The first-order chi connectivity index (χ1) is 11.0. The zero-order valence-electron chi connectivity index (χ0n) is 14.0. The van der Waals surface area contributed by atoms with E-state index in [1.165, 1.54) is 0 Å². The van der Waals surface area contributed by atoms with Gasteiger partial charge in [0.1, 0.15) is 0 Å². The number of hydrogen-bond donors (Lipinski definition) is 2. The van der Waals surface area contributed by atoms with Gasteiger partial charge in [-0.3, -0.25) is 19.8 Å². The van der Waals surface area contributed by atoms with Crippen LogP contribution in [0.4, 0.5) is 5.69 Å². The second-order valence-electron chi connectivity index (χ2n) is 5.71. The van der Waals surface area contributed by atoms with Crippen molar-refractivity contribution in [2.75, 3.05) is 11.6 Å². The summed E-state index contributed by atoms with van der Waals surface area (Å²) in [5, 5.41) is 3.68. The summed E-state index contributed by atoms with van der Waals surface area (Å²) in [5.41, 5.74) is 2.92. The SMILES string of the molecule is CCCCC(=O)N(NC(=O)C(=O)NCC(C)C)c1ccccc1. The molecular weight excluding hydrogens is 294 g/mol. The minimum Gasteiger partial charge on any atom is -0.348 e. The molecular formula is C17H25N3O3. The first kappa shape index (κ1) is 18.7. The van der Waals surface area contributed by atoms with E-state index in [1.807, 2.05) is 26.8 Å². The first-order valence-electron chi connectivity index (χ1n) is 7.92. The third kappa shape index (κ3) is 6.50. The summed E-state index contributed by atoms with van der Waals surface area (Å²) in [6, 6.07) is 8.75. The number of carbonyl (C=O) groups excluding carboxylic acids is 3. The van der Waals surface area contributed by atoms with Crippen molar-refractivity contribution in [1.82, 2.24) is 10.7 Å². The number of unbranched alkanes of at least 4 members (excludes halogenated alkanes) is 1. The van der Waals surface area contributed by atoms with Gasteiger partial charge in [-0.15, -0.1) is 0 Å². The van der Waals surface area contributed by atoms with Crippen LogP contribution in [0.25, 0.3) is 0 Å². The van der Waals surface area contributed by atoms with Gasteiger partial charge >= 0.3 is 11.8 Å². The van der Waals surface area contributed by atoms with Gasteiger partial charge < -0.3 is 5.32 Å².